The van der Waals surface area contributed by atoms with E-state index < -0.39 is 11.2 Å². The number of ether oxygens (including phenoxy) is 1. The van der Waals surface area contributed by atoms with E-state index in [-0.39, 0.29) is 5.75 Å². The third kappa shape index (κ3) is 1.59. The largest absolute Gasteiger partial charge is 0.502 e. The van der Waals surface area contributed by atoms with Crippen LogP contribution >= 0.6 is 0 Å². The van der Waals surface area contributed by atoms with Crippen molar-refractivity contribution in [2.24, 2.45) is 17.8 Å². The maximum atomic E-state index is 11.7. The zero-order valence-corrected chi connectivity index (χ0v) is 11.6. The van der Waals surface area contributed by atoms with Crippen LogP contribution in [0, 0.1) is 24.7 Å². The van der Waals surface area contributed by atoms with Gasteiger partial charge in [-0.25, -0.2) is 4.79 Å². The van der Waals surface area contributed by atoms with E-state index in [1.54, 1.807) is 13.0 Å². The van der Waals surface area contributed by atoms with Crippen molar-refractivity contribution in [1.82, 2.24) is 0 Å². The van der Waals surface area contributed by atoms with E-state index in [1.165, 1.54) is 0 Å². The lowest BCUT2D eigenvalue weighted by atomic mass is 9.79. The van der Waals surface area contributed by atoms with Gasteiger partial charge in [-0.3, -0.25) is 0 Å². The molecule has 104 valence electrons. The summed E-state index contributed by atoms with van der Waals surface area (Å²) < 4.78 is 11.5. The molecule has 1 aromatic rings. The molecule has 1 saturated heterocycles. The topological polar surface area (TPSA) is 59.7 Å². The van der Waals surface area contributed by atoms with Crippen molar-refractivity contribution in [3.8, 4) is 5.75 Å². The molecule has 1 saturated carbocycles. The maximum absolute atomic E-state index is 11.7. The van der Waals surface area contributed by atoms with Crippen molar-refractivity contribution in [2.45, 2.75) is 39.2 Å². The molecule has 2 aliphatic rings. The first-order chi connectivity index (χ1) is 8.96. The number of aromatic hydroxyl groups is 1. The summed E-state index contributed by atoms with van der Waals surface area (Å²) >= 11 is 0. The minimum absolute atomic E-state index is 0.298. The van der Waals surface area contributed by atoms with E-state index >= 15 is 0 Å². The molecular weight excluding hydrogens is 244 g/mol. The molecule has 0 radical (unpaired) electrons. The number of aryl methyl sites for hydroxylation is 1. The standard InChI is InChI=1S/C15H20O4/c1-8-6-12(19-14(17)13(8)16)15-10(3)4-5-11(15)9(2)7-18-15/h6,9-11,16H,4-5,7H2,1-3H3/t9-,10-,11-,15-/m1/s1. The van der Waals surface area contributed by atoms with Crippen LogP contribution in [-0.4, -0.2) is 11.7 Å². The quantitative estimate of drug-likeness (QED) is 0.847. The fourth-order valence-corrected chi connectivity index (χ4v) is 3.86. The molecule has 4 heteroatoms. The van der Waals surface area contributed by atoms with E-state index in [0.29, 0.717) is 35.7 Å². The Morgan fingerprint density at radius 2 is 2.11 bits per heavy atom. The second kappa shape index (κ2) is 4.10. The van der Waals surface area contributed by atoms with Crippen LogP contribution in [0.1, 0.15) is 38.0 Å². The number of fused-ring (bicyclic) bond motifs is 1. The second-order valence-corrected chi connectivity index (χ2v) is 6.10. The molecule has 4 atom stereocenters. The van der Waals surface area contributed by atoms with Crippen molar-refractivity contribution in [1.29, 1.82) is 0 Å². The molecule has 4 nitrogen and oxygen atoms in total. The average molecular weight is 264 g/mol. The van der Waals surface area contributed by atoms with Crippen LogP contribution in [-0.2, 0) is 10.3 Å². The first-order valence-corrected chi connectivity index (χ1v) is 6.95. The summed E-state index contributed by atoms with van der Waals surface area (Å²) in [6.07, 6.45) is 2.19. The van der Waals surface area contributed by atoms with Gasteiger partial charge in [-0.2, -0.15) is 0 Å². The van der Waals surface area contributed by atoms with E-state index in [9.17, 15) is 9.90 Å². The molecule has 0 unspecified atom stereocenters. The van der Waals surface area contributed by atoms with Gasteiger partial charge in [0.05, 0.1) is 6.61 Å². The molecule has 0 aromatic carbocycles. The summed E-state index contributed by atoms with van der Waals surface area (Å²) in [6.45, 7) is 6.77. The normalized spacial score (nSPS) is 37.5. The lowest BCUT2D eigenvalue weighted by Crippen LogP contribution is -2.35. The summed E-state index contributed by atoms with van der Waals surface area (Å²) in [5.74, 6) is 1.49. The van der Waals surface area contributed by atoms with Gasteiger partial charge in [-0.1, -0.05) is 13.8 Å². The van der Waals surface area contributed by atoms with Crippen LogP contribution in [0.25, 0.3) is 0 Å². The predicted molar refractivity (Wildman–Crippen MR) is 70.1 cm³/mol. The molecular formula is C15H20O4. The average Bonchev–Trinajstić information content (AvgIpc) is 2.87. The Morgan fingerprint density at radius 3 is 2.79 bits per heavy atom. The lowest BCUT2D eigenvalue weighted by molar-refractivity contribution is -0.0635. The molecule has 19 heavy (non-hydrogen) atoms. The van der Waals surface area contributed by atoms with Crippen molar-refractivity contribution in [3.05, 3.63) is 27.8 Å². The molecule has 1 aliphatic carbocycles. The van der Waals surface area contributed by atoms with E-state index in [2.05, 4.69) is 13.8 Å². The van der Waals surface area contributed by atoms with E-state index in [0.717, 1.165) is 12.8 Å². The van der Waals surface area contributed by atoms with Gasteiger partial charge in [-0.05, 0) is 37.7 Å². The summed E-state index contributed by atoms with van der Waals surface area (Å²) in [4.78, 5) is 11.7. The van der Waals surface area contributed by atoms with Crippen LogP contribution in [0.4, 0.5) is 0 Å². The molecule has 0 bridgehead atoms. The number of hydrogen-bond donors (Lipinski definition) is 1. The van der Waals surface area contributed by atoms with Gasteiger partial charge >= 0.3 is 5.63 Å². The van der Waals surface area contributed by atoms with Crippen molar-refractivity contribution in [3.63, 3.8) is 0 Å². The molecule has 0 amide bonds. The van der Waals surface area contributed by atoms with Gasteiger partial charge in [0.2, 0.25) is 5.75 Å². The van der Waals surface area contributed by atoms with E-state index in [1.807, 2.05) is 0 Å². The van der Waals surface area contributed by atoms with E-state index in [4.69, 9.17) is 9.15 Å². The highest BCUT2D eigenvalue weighted by molar-refractivity contribution is 5.31. The van der Waals surface area contributed by atoms with Crippen LogP contribution in [0.5, 0.6) is 5.75 Å². The summed E-state index contributed by atoms with van der Waals surface area (Å²) in [5, 5.41) is 9.58. The molecule has 0 spiro atoms. The highest BCUT2D eigenvalue weighted by Gasteiger charge is 2.58. The Bertz CT molecular complexity index is 562. The first-order valence-electron chi connectivity index (χ1n) is 6.95. The fourth-order valence-electron chi connectivity index (χ4n) is 3.86. The third-order valence-corrected chi connectivity index (χ3v) is 4.97. The van der Waals surface area contributed by atoms with Crippen LogP contribution in [0.3, 0.4) is 0 Å². The Kier molecular flexibility index (Phi) is 2.75. The van der Waals surface area contributed by atoms with Gasteiger partial charge in [0.25, 0.3) is 0 Å². The minimum atomic E-state index is -0.662. The van der Waals surface area contributed by atoms with Gasteiger partial charge in [0.15, 0.2) is 0 Å². The molecule has 1 N–H and O–H groups in total. The maximum Gasteiger partial charge on any atom is 0.378 e. The van der Waals surface area contributed by atoms with Crippen molar-refractivity contribution >= 4 is 0 Å². The molecule has 1 aromatic heterocycles. The van der Waals surface area contributed by atoms with Crippen LogP contribution in [0.15, 0.2) is 15.3 Å². The highest BCUT2D eigenvalue weighted by Crippen LogP contribution is 2.57. The van der Waals surface area contributed by atoms with Gasteiger partial charge in [0, 0.05) is 11.5 Å². The lowest BCUT2D eigenvalue weighted by Gasteiger charge is -2.32. The summed E-state index contributed by atoms with van der Waals surface area (Å²) in [7, 11) is 0. The highest BCUT2D eigenvalue weighted by atomic mass is 16.5. The van der Waals surface area contributed by atoms with Crippen molar-refractivity contribution in [2.75, 3.05) is 6.61 Å². The first kappa shape index (κ1) is 12.7. The summed E-state index contributed by atoms with van der Waals surface area (Å²) in [6, 6.07) is 1.77. The zero-order valence-electron chi connectivity index (χ0n) is 11.6. The Morgan fingerprint density at radius 1 is 1.37 bits per heavy atom. The van der Waals surface area contributed by atoms with Gasteiger partial charge in [-0.15, -0.1) is 0 Å². The number of rotatable bonds is 1. The summed E-state index contributed by atoms with van der Waals surface area (Å²) in [5.41, 5.74) is -0.580. The minimum Gasteiger partial charge on any atom is -0.502 e. The Hall–Kier alpha value is -1.29. The second-order valence-electron chi connectivity index (χ2n) is 6.10. The zero-order chi connectivity index (χ0) is 13.8. The monoisotopic (exact) mass is 264 g/mol. The fraction of sp³-hybridized carbons (Fsp3) is 0.667. The van der Waals surface area contributed by atoms with Crippen LogP contribution < -0.4 is 5.63 Å². The molecule has 3 rings (SSSR count). The Balaban J connectivity index is 2.17. The van der Waals surface area contributed by atoms with Gasteiger partial charge < -0.3 is 14.3 Å². The molecule has 2 heterocycles. The third-order valence-electron chi connectivity index (χ3n) is 4.97. The smallest absolute Gasteiger partial charge is 0.378 e. The van der Waals surface area contributed by atoms with Crippen LogP contribution in [0.2, 0.25) is 0 Å². The molecule has 2 fully saturated rings. The Labute approximate surface area is 112 Å². The predicted octanol–water partition coefficient (Wildman–Crippen LogP) is 2.56. The number of hydrogen-bond acceptors (Lipinski definition) is 4. The molecule has 1 aliphatic heterocycles. The van der Waals surface area contributed by atoms with Crippen molar-refractivity contribution < 1.29 is 14.3 Å². The van der Waals surface area contributed by atoms with Gasteiger partial charge in [0.1, 0.15) is 11.4 Å². The SMILES string of the molecule is Cc1cc([C@]23OC[C@@H](C)[C@H]2CC[C@H]3C)oc(=O)c1O.